The monoisotopic (exact) mass is 444 g/mol. The molecular formula is C23H24N8O2. The zero-order chi connectivity index (χ0) is 23.6. The Kier molecular flexibility index (Phi) is 4.42. The van der Waals surface area contributed by atoms with E-state index in [0.29, 0.717) is 33.8 Å². The summed E-state index contributed by atoms with van der Waals surface area (Å²) in [6.45, 7) is 5.82. The molecule has 0 fully saturated rings. The van der Waals surface area contributed by atoms with Gasteiger partial charge in [0, 0.05) is 29.9 Å². The summed E-state index contributed by atoms with van der Waals surface area (Å²) < 4.78 is 10.8. The number of aromatic nitrogens is 6. The van der Waals surface area contributed by atoms with Crippen LogP contribution in [0.15, 0.2) is 30.5 Å². The van der Waals surface area contributed by atoms with Gasteiger partial charge in [-0.3, -0.25) is 14.0 Å². The minimum Gasteiger partial charge on any atom is -0.496 e. The number of nitrogens with two attached hydrogens (primary N) is 2. The van der Waals surface area contributed by atoms with Gasteiger partial charge in [-0.25, -0.2) is 9.50 Å². The van der Waals surface area contributed by atoms with E-state index in [9.17, 15) is 4.79 Å². The lowest BCUT2D eigenvalue weighted by Crippen LogP contribution is -2.14. The summed E-state index contributed by atoms with van der Waals surface area (Å²) in [5.41, 5.74) is 17.9. The summed E-state index contributed by atoms with van der Waals surface area (Å²) in [6.07, 6.45) is 1.83. The number of aryl methyl sites for hydroxylation is 3. The van der Waals surface area contributed by atoms with Gasteiger partial charge in [-0.1, -0.05) is 6.07 Å². The van der Waals surface area contributed by atoms with Crippen LogP contribution in [0.1, 0.15) is 27.2 Å². The molecule has 0 radical (unpaired) electrons. The first-order valence-corrected chi connectivity index (χ1v) is 10.4. The van der Waals surface area contributed by atoms with Crippen LogP contribution >= 0.6 is 0 Å². The molecule has 0 aliphatic rings. The Morgan fingerprint density at radius 1 is 1.12 bits per heavy atom. The molecule has 1 amide bonds. The van der Waals surface area contributed by atoms with Crippen LogP contribution in [0.2, 0.25) is 0 Å². The lowest BCUT2D eigenvalue weighted by molar-refractivity contribution is 0.100. The third-order valence-corrected chi connectivity index (χ3v) is 5.97. The second-order valence-electron chi connectivity index (χ2n) is 8.11. The van der Waals surface area contributed by atoms with E-state index in [1.165, 1.54) is 0 Å². The van der Waals surface area contributed by atoms with Gasteiger partial charge < -0.3 is 16.2 Å². The Morgan fingerprint density at radius 3 is 2.52 bits per heavy atom. The number of rotatable bonds is 4. The lowest BCUT2D eigenvalue weighted by atomic mass is 10.1. The molecule has 0 saturated carbocycles. The molecule has 10 heteroatoms. The summed E-state index contributed by atoms with van der Waals surface area (Å²) in [5, 5.41) is 9.72. The molecule has 168 valence electrons. The molecular weight excluding hydrogens is 420 g/mol. The second kappa shape index (κ2) is 7.09. The number of pyridine rings is 1. The second-order valence-corrected chi connectivity index (χ2v) is 8.11. The standard InChI is InChI=1S/C23H24N8O2/c1-11-6-7-16(33-5)13(3)18(11)30-19-14(17(20(30)24)21(25)32)10-12(2)31-23(19)26-22(28-31)15-8-9-29(4)27-15/h6-10H,24H2,1-5H3,(H2,25,32). The number of hydrogen-bond acceptors (Lipinski definition) is 6. The smallest absolute Gasteiger partial charge is 0.253 e. The van der Waals surface area contributed by atoms with Gasteiger partial charge >= 0.3 is 0 Å². The number of carbonyl (C=O) groups excluding carboxylic acids is 1. The molecule has 0 bridgehead atoms. The minimum atomic E-state index is -0.609. The van der Waals surface area contributed by atoms with Crippen LogP contribution in [0.25, 0.3) is 33.8 Å². The third kappa shape index (κ3) is 2.87. The van der Waals surface area contributed by atoms with Gasteiger partial charge in [0.25, 0.3) is 5.91 Å². The highest BCUT2D eigenvalue weighted by Gasteiger charge is 2.27. The van der Waals surface area contributed by atoms with Crippen LogP contribution < -0.4 is 16.2 Å². The van der Waals surface area contributed by atoms with Gasteiger partial charge in [0.2, 0.25) is 5.82 Å². The van der Waals surface area contributed by atoms with Crippen LogP contribution in [-0.2, 0) is 7.05 Å². The molecule has 0 unspecified atom stereocenters. The highest BCUT2D eigenvalue weighted by Crippen LogP contribution is 2.38. The van der Waals surface area contributed by atoms with Gasteiger partial charge in [-0.05, 0) is 44.5 Å². The summed E-state index contributed by atoms with van der Waals surface area (Å²) >= 11 is 0. The van der Waals surface area contributed by atoms with Gasteiger partial charge in [0.15, 0.2) is 5.65 Å². The van der Waals surface area contributed by atoms with E-state index >= 15 is 0 Å². The fourth-order valence-electron chi connectivity index (χ4n) is 4.47. The van der Waals surface area contributed by atoms with E-state index < -0.39 is 5.91 Å². The SMILES string of the molecule is COc1ccc(C)c(-n2c(N)c(C(N)=O)c3cc(C)n4nc(-c5ccn(C)n5)nc4c32)c1C. The molecule has 5 aromatic rings. The first kappa shape index (κ1) is 20.6. The first-order valence-electron chi connectivity index (χ1n) is 10.4. The number of anilines is 1. The van der Waals surface area contributed by atoms with E-state index in [2.05, 4.69) is 10.2 Å². The van der Waals surface area contributed by atoms with Crippen LogP contribution in [0.3, 0.4) is 0 Å². The molecule has 4 N–H and O–H groups in total. The Bertz CT molecular complexity index is 1590. The topological polar surface area (TPSA) is 131 Å². The quantitative estimate of drug-likeness (QED) is 0.438. The van der Waals surface area contributed by atoms with Gasteiger partial charge in [-0.15, -0.1) is 5.10 Å². The lowest BCUT2D eigenvalue weighted by Gasteiger charge is -2.17. The molecule has 5 rings (SSSR count). The molecule has 0 atom stereocenters. The van der Waals surface area contributed by atoms with Crippen molar-refractivity contribution in [3.05, 3.63) is 52.8 Å². The van der Waals surface area contributed by atoms with Crippen molar-refractivity contribution in [1.29, 1.82) is 0 Å². The number of benzene rings is 1. The Labute approximate surface area is 189 Å². The number of nitrogens with zero attached hydrogens (tertiary/aromatic N) is 6. The summed E-state index contributed by atoms with van der Waals surface area (Å²) in [5.74, 6) is 0.808. The van der Waals surface area contributed by atoms with Crippen LogP contribution in [0.4, 0.5) is 5.82 Å². The number of nitrogen functional groups attached to an aromatic ring is 1. The van der Waals surface area contributed by atoms with Crippen molar-refractivity contribution in [2.24, 2.45) is 12.8 Å². The molecule has 10 nitrogen and oxygen atoms in total. The zero-order valence-electron chi connectivity index (χ0n) is 19.0. The number of hydrogen-bond donors (Lipinski definition) is 2. The molecule has 33 heavy (non-hydrogen) atoms. The number of fused-ring (bicyclic) bond motifs is 3. The van der Waals surface area contributed by atoms with Gasteiger partial charge in [0.05, 0.1) is 18.4 Å². The van der Waals surface area contributed by atoms with E-state index in [4.69, 9.17) is 21.2 Å². The largest absolute Gasteiger partial charge is 0.496 e. The molecule has 1 aromatic carbocycles. The van der Waals surface area contributed by atoms with Crippen molar-refractivity contribution in [3.63, 3.8) is 0 Å². The fourth-order valence-corrected chi connectivity index (χ4v) is 4.47. The van der Waals surface area contributed by atoms with E-state index in [0.717, 1.165) is 22.5 Å². The summed E-state index contributed by atoms with van der Waals surface area (Å²) in [6, 6.07) is 7.56. The van der Waals surface area contributed by atoms with Crippen molar-refractivity contribution in [2.45, 2.75) is 20.8 Å². The summed E-state index contributed by atoms with van der Waals surface area (Å²) in [4.78, 5) is 17.3. The Hall–Kier alpha value is -4.34. The van der Waals surface area contributed by atoms with E-state index in [-0.39, 0.29) is 11.4 Å². The van der Waals surface area contributed by atoms with Crippen molar-refractivity contribution >= 4 is 28.3 Å². The summed E-state index contributed by atoms with van der Waals surface area (Å²) in [7, 11) is 3.45. The Morgan fingerprint density at radius 2 is 1.88 bits per heavy atom. The predicted octanol–water partition coefficient (Wildman–Crippen LogP) is 2.69. The molecule has 0 aliphatic carbocycles. The van der Waals surface area contributed by atoms with Crippen LogP contribution in [0.5, 0.6) is 5.75 Å². The molecule has 0 saturated heterocycles. The normalized spacial score (nSPS) is 11.5. The number of amides is 1. The number of methoxy groups -OCH3 is 1. The van der Waals surface area contributed by atoms with Crippen molar-refractivity contribution < 1.29 is 9.53 Å². The maximum absolute atomic E-state index is 12.5. The number of carbonyl (C=O) groups is 1. The predicted molar refractivity (Wildman–Crippen MR) is 126 cm³/mol. The van der Waals surface area contributed by atoms with Gasteiger partial charge in [0.1, 0.15) is 22.8 Å². The number of ether oxygens (including phenoxy) is 1. The first-order chi connectivity index (χ1) is 15.7. The number of primary amides is 1. The molecule has 4 aromatic heterocycles. The maximum atomic E-state index is 12.5. The van der Waals surface area contributed by atoms with Gasteiger partial charge in [-0.2, -0.15) is 5.10 Å². The minimum absolute atomic E-state index is 0.242. The molecule has 0 spiro atoms. The molecule has 0 aliphatic heterocycles. The van der Waals surface area contributed by atoms with E-state index in [1.54, 1.807) is 16.3 Å². The van der Waals surface area contributed by atoms with Crippen LogP contribution in [0, 0.1) is 20.8 Å². The Balaban J connectivity index is 1.97. The average molecular weight is 444 g/mol. The highest BCUT2D eigenvalue weighted by atomic mass is 16.5. The van der Waals surface area contributed by atoms with Crippen molar-refractivity contribution in [1.82, 2.24) is 28.9 Å². The van der Waals surface area contributed by atoms with Crippen molar-refractivity contribution in [2.75, 3.05) is 12.8 Å². The fraction of sp³-hybridized carbons (Fsp3) is 0.217. The van der Waals surface area contributed by atoms with Crippen LogP contribution in [-0.4, -0.2) is 42.0 Å². The highest BCUT2D eigenvalue weighted by molar-refractivity contribution is 6.14. The average Bonchev–Trinajstić information content (AvgIpc) is 3.45. The third-order valence-electron chi connectivity index (χ3n) is 5.97. The molecule has 4 heterocycles. The van der Waals surface area contributed by atoms with Crippen molar-refractivity contribution in [3.8, 4) is 23.0 Å². The maximum Gasteiger partial charge on any atom is 0.253 e. The van der Waals surface area contributed by atoms with E-state index in [1.807, 2.05) is 62.8 Å². The zero-order valence-corrected chi connectivity index (χ0v) is 19.0.